The maximum Gasteiger partial charge on any atom is 0.242 e. The average molecular weight is 344 g/mol. The van der Waals surface area contributed by atoms with E-state index in [1.54, 1.807) is 0 Å². The molecular weight excluding hydrogens is 329 g/mol. The van der Waals surface area contributed by atoms with Gasteiger partial charge in [-0.3, -0.25) is 0 Å². The molecule has 8 heteroatoms. The predicted octanol–water partition coefficient (Wildman–Crippen LogP) is 2.88. The maximum atomic E-state index is 12.1. The van der Waals surface area contributed by atoms with Crippen LogP contribution in [0.4, 0.5) is 0 Å². The van der Waals surface area contributed by atoms with Gasteiger partial charge in [-0.1, -0.05) is 23.2 Å². The highest BCUT2D eigenvalue weighted by Crippen LogP contribution is 2.34. The molecule has 1 aliphatic rings. The molecule has 4 nitrogen and oxygen atoms in total. The van der Waals surface area contributed by atoms with Gasteiger partial charge >= 0.3 is 0 Å². The van der Waals surface area contributed by atoms with E-state index in [1.807, 2.05) is 0 Å². The third-order valence-electron chi connectivity index (χ3n) is 3.29. The van der Waals surface area contributed by atoms with Crippen LogP contribution < -0.4 is 4.72 Å². The van der Waals surface area contributed by atoms with E-state index in [2.05, 4.69) is 4.72 Å². The van der Waals surface area contributed by atoms with Crippen LogP contribution in [0.3, 0.4) is 0 Å². The van der Waals surface area contributed by atoms with Gasteiger partial charge in [0.2, 0.25) is 10.0 Å². The van der Waals surface area contributed by atoms with E-state index in [0.717, 1.165) is 37.0 Å². The molecule has 1 aromatic heterocycles. The number of thiophene rings is 1. The minimum atomic E-state index is -3.60. The molecule has 1 aliphatic carbocycles. The van der Waals surface area contributed by atoms with Crippen molar-refractivity contribution >= 4 is 44.6 Å². The summed E-state index contributed by atoms with van der Waals surface area (Å²) in [6.45, 7) is 0.374. The van der Waals surface area contributed by atoms with E-state index in [-0.39, 0.29) is 21.3 Å². The van der Waals surface area contributed by atoms with Gasteiger partial charge in [0.1, 0.15) is 9.23 Å². The molecule has 0 radical (unpaired) electrons. The molecule has 0 amide bonds. The number of hydrogen-bond donors (Lipinski definition) is 2. The summed E-state index contributed by atoms with van der Waals surface area (Å²) in [7, 11) is -3.60. The van der Waals surface area contributed by atoms with Crippen LogP contribution in [-0.2, 0) is 10.0 Å². The zero-order valence-electron chi connectivity index (χ0n) is 10.1. The van der Waals surface area contributed by atoms with Crippen molar-refractivity contribution in [3.63, 3.8) is 0 Å². The molecule has 108 valence electrons. The Labute approximate surface area is 126 Å². The van der Waals surface area contributed by atoms with E-state index in [4.69, 9.17) is 23.2 Å². The number of aliphatic hydroxyl groups is 1. The fourth-order valence-electron chi connectivity index (χ4n) is 2.16. The Morgan fingerprint density at radius 2 is 1.95 bits per heavy atom. The highest BCUT2D eigenvalue weighted by atomic mass is 35.5. The lowest BCUT2D eigenvalue weighted by Gasteiger charge is -2.25. The monoisotopic (exact) mass is 343 g/mol. The minimum absolute atomic E-state index is 0.0417. The highest BCUT2D eigenvalue weighted by molar-refractivity contribution is 7.89. The minimum Gasteiger partial charge on any atom is -0.393 e. The smallest absolute Gasteiger partial charge is 0.242 e. The zero-order chi connectivity index (χ0) is 14.0. The summed E-state index contributed by atoms with van der Waals surface area (Å²) >= 11 is 12.6. The first-order valence-corrected chi connectivity index (χ1v) is 9.06. The van der Waals surface area contributed by atoms with Gasteiger partial charge in [-0.15, -0.1) is 11.3 Å². The molecule has 0 unspecified atom stereocenters. The summed E-state index contributed by atoms with van der Waals surface area (Å²) in [5.41, 5.74) is 0. The Morgan fingerprint density at radius 3 is 2.47 bits per heavy atom. The van der Waals surface area contributed by atoms with Gasteiger partial charge in [-0.05, 0) is 37.7 Å². The first kappa shape index (κ1) is 15.5. The summed E-state index contributed by atoms with van der Waals surface area (Å²) in [5.74, 6) is 0.269. The standard InChI is InChI=1S/C11H15Cl2NO3S2/c12-10-5-9(11(13)18-10)19(16,17)14-6-7-1-3-8(15)4-2-7/h5,7-8,14-15H,1-4,6H2. The predicted molar refractivity (Wildman–Crippen MR) is 77.5 cm³/mol. The van der Waals surface area contributed by atoms with Crippen LogP contribution in [0.1, 0.15) is 25.7 Å². The van der Waals surface area contributed by atoms with Crippen molar-refractivity contribution < 1.29 is 13.5 Å². The zero-order valence-corrected chi connectivity index (χ0v) is 13.2. The Hall–Kier alpha value is 0.150. The fraction of sp³-hybridized carbons (Fsp3) is 0.636. The normalized spacial score (nSPS) is 24.6. The van der Waals surface area contributed by atoms with E-state index in [9.17, 15) is 13.5 Å². The number of rotatable bonds is 4. The quantitative estimate of drug-likeness (QED) is 0.883. The number of aliphatic hydroxyl groups excluding tert-OH is 1. The van der Waals surface area contributed by atoms with Gasteiger partial charge < -0.3 is 5.11 Å². The largest absolute Gasteiger partial charge is 0.393 e. The third-order valence-corrected chi connectivity index (χ3v) is 6.47. The van der Waals surface area contributed by atoms with Crippen molar-refractivity contribution in [3.05, 3.63) is 14.7 Å². The fourth-order valence-corrected chi connectivity index (χ4v) is 5.43. The molecule has 0 aromatic carbocycles. The van der Waals surface area contributed by atoms with Crippen molar-refractivity contribution in [2.45, 2.75) is 36.7 Å². The van der Waals surface area contributed by atoms with Gasteiger partial charge in [0.05, 0.1) is 10.4 Å². The summed E-state index contributed by atoms with van der Waals surface area (Å²) in [4.78, 5) is 0.0417. The first-order chi connectivity index (χ1) is 8.88. The molecule has 2 rings (SSSR count). The number of hydrogen-bond acceptors (Lipinski definition) is 4. The second-order valence-electron chi connectivity index (χ2n) is 4.71. The topological polar surface area (TPSA) is 66.4 Å². The summed E-state index contributed by atoms with van der Waals surface area (Å²) < 4.78 is 27.3. The van der Waals surface area contributed by atoms with E-state index in [0.29, 0.717) is 10.9 Å². The van der Waals surface area contributed by atoms with Crippen LogP contribution in [0, 0.1) is 5.92 Å². The molecule has 0 bridgehead atoms. The Kier molecular flexibility index (Phi) is 5.14. The Balaban J connectivity index is 1.96. The van der Waals surface area contributed by atoms with Gasteiger partial charge in [-0.2, -0.15) is 0 Å². The second-order valence-corrected chi connectivity index (χ2v) is 8.74. The number of sulfonamides is 1. The van der Waals surface area contributed by atoms with Crippen LogP contribution in [-0.4, -0.2) is 26.2 Å². The van der Waals surface area contributed by atoms with Gasteiger partial charge in [0, 0.05) is 6.54 Å². The molecule has 0 saturated heterocycles. The molecule has 1 fully saturated rings. The summed E-state index contributed by atoms with van der Waals surface area (Å²) in [6.07, 6.45) is 2.90. The van der Waals surface area contributed by atoms with E-state index < -0.39 is 10.0 Å². The van der Waals surface area contributed by atoms with Crippen LogP contribution >= 0.6 is 34.5 Å². The SMILES string of the molecule is O=S(=O)(NCC1CCC(O)CC1)c1cc(Cl)sc1Cl. The van der Waals surface area contributed by atoms with Crippen molar-refractivity contribution in [2.75, 3.05) is 6.54 Å². The Bertz CT molecular complexity index is 536. The van der Waals surface area contributed by atoms with Crippen molar-refractivity contribution in [1.82, 2.24) is 4.72 Å². The van der Waals surface area contributed by atoms with Crippen LogP contribution in [0.2, 0.25) is 8.67 Å². The molecule has 0 atom stereocenters. The molecule has 1 heterocycles. The lowest BCUT2D eigenvalue weighted by atomic mass is 9.88. The van der Waals surface area contributed by atoms with Gasteiger partial charge in [0.15, 0.2) is 0 Å². The number of nitrogens with one attached hydrogen (secondary N) is 1. The van der Waals surface area contributed by atoms with Crippen molar-refractivity contribution in [3.8, 4) is 0 Å². The second kappa shape index (κ2) is 6.28. The van der Waals surface area contributed by atoms with Crippen molar-refractivity contribution in [1.29, 1.82) is 0 Å². The lowest BCUT2D eigenvalue weighted by Crippen LogP contribution is -2.32. The molecule has 19 heavy (non-hydrogen) atoms. The Morgan fingerprint density at radius 1 is 1.32 bits per heavy atom. The van der Waals surface area contributed by atoms with Crippen LogP contribution in [0.25, 0.3) is 0 Å². The number of halogens is 2. The molecule has 1 saturated carbocycles. The molecule has 0 aliphatic heterocycles. The average Bonchev–Trinajstić information content (AvgIpc) is 2.69. The first-order valence-electron chi connectivity index (χ1n) is 6.01. The molecule has 0 spiro atoms. The van der Waals surface area contributed by atoms with Crippen LogP contribution in [0.5, 0.6) is 0 Å². The van der Waals surface area contributed by atoms with Crippen molar-refractivity contribution in [2.24, 2.45) is 5.92 Å². The lowest BCUT2D eigenvalue weighted by molar-refractivity contribution is 0.109. The van der Waals surface area contributed by atoms with E-state index >= 15 is 0 Å². The molecule has 2 N–H and O–H groups in total. The van der Waals surface area contributed by atoms with Gasteiger partial charge in [0.25, 0.3) is 0 Å². The molecule has 1 aromatic rings. The van der Waals surface area contributed by atoms with Gasteiger partial charge in [-0.25, -0.2) is 13.1 Å². The van der Waals surface area contributed by atoms with Crippen LogP contribution in [0.15, 0.2) is 11.0 Å². The maximum absolute atomic E-state index is 12.1. The highest BCUT2D eigenvalue weighted by Gasteiger charge is 2.24. The van der Waals surface area contributed by atoms with E-state index in [1.165, 1.54) is 6.07 Å². The molecular formula is C11H15Cl2NO3S2. The third kappa shape index (κ3) is 4.06. The summed E-state index contributed by atoms with van der Waals surface area (Å²) in [5, 5.41) is 9.40. The summed E-state index contributed by atoms with van der Waals surface area (Å²) in [6, 6.07) is 1.36.